The van der Waals surface area contributed by atoms with Gasteiger partial charge in [-0.2, -0.15) is 0 Å². The minimum atomic E-state index is -0.772. The van der Waals surface area contributed by atoms with E-state index < -0.39 is 17.7 Å². The van der Waals surface area contributed by atoms with Gasteiger partial charge in [-0.05, 0) is 70.1 Å². The summed E-state index contributed by atoms with van der Waals surface area (Å²) >= 11 is 0. The highest BCUT2D eigenvalue weighted by Gasteiger charge is 2.28. The van der Waals surface area contributed by atoms with Crippen molar-refractivity contribution in [2.24, 2.45) is 5.92 Å². The van der Waals surface area contributed by atoms with Gasteiger partial charge in [0.25, 0.3) is 0 Å². The standard InChI is InChI=1S/C18H24FNO4/c1-18(2,3)24-17(23)20-13-8-9-14(15(19)10-13)11-4-6-12(7-5-11)16(21)22/h8-12H,4-7H2,1-3H3,(H,20,23)(H,21,22). The predicted octanol–water partition coefficient (Wildman–Crippen LogP) is 4.53. The molecule has 0 unspecified atom stereocenters. The average molecular weight is 337 g/mol. The molecule has 24 heavy (non-hydrogen) atoms. The molecule has 0 bridgehead atoms. The van der Waals surface area contributed by atoms with E-state index in [-0.39, 0.29) is 17.7 Å². The molecule has 0 atom stereocenters. The number of carbonyl (C=O) groups is 2. The summed E-state index contributed by atoms with van der Waals surface area (Å²) in [5.74, 6) is -1.46. The number of hydrogen-bond donors (Lipinski definition) is 2. The average Bonchev–Trinajstić information content (AvgIpc) is 2.45. The third-order valence-electron chi connectivity index (χ3n) is 4.16. The van der Waals surface area contributed by atoms with Crippen molar-refractivity contribution in [2.75, 3.05) is 5.32 Å². The van der Waals surface area contributed by atoms with Crippen molar-refractivity contribution in [2.45, 2.75) is 58.0 Å². The van der Waals surface area contributed by atoms with Crippen LogP contribution in [0.15, 0.2) is 18.2 Å². The Bertz CT molecular complexity index is 616. The third kappa shape index (κ3) is 4.94. The van der Waals surface area contributed by atoms with E-state index >= 15 is 0 Å². The molecule has 5 nitrogen and oxygen atoms in total. The lowest BCUT2D eigenvalue weighted by Crippen LogP contribution is -2.27. The second-order valence-electron chi connectivity index (χ2n) is 7.25. The van der Waals surface area contributed by atoms with E-state index in [4.69, 9.17) is 9.84 Å². The number of anilines is 1. The number of aliphatic carboxylic acids is 1. The Kier molecular flexibility index (Phi) is 5.47. The number of carboxylic acid groups (broad SMARTS) is 1. The number of benzene rings is 1. The van der Waals surface area contributed by atoms with Gasteiger partial charge in [0.15, 0.2) is 0 Å². The Hall–Kier alpha value is -2.11. The molecular formula is C18H24FNO4. The lowest BCUT2D eigenvalue weighted by molar-refractivity contribution is -0.142. The number of halogens is 1. The van der Waals surface area contributed by atoms with Gasteiger partial charge in [-0.3, -0.25) is 10.1 Å². The Morgan fingerprint density at radius 2 is 1.83 bits per heavy atom. The molecule has 0 saturated heterocycles. The first kappa shape index (κ1) is 18.2. The zero-order chi connectivity index (χ0) is 17.9. The number of nitrogens with one attached hydrogen (secondary N) is 1. The normalized spacial score (nSPS) is 21.2. The molecular weight excluding hydrogens is 313 g/mol. The summed E-state index contributed by atoms with van der Waals surface area (Å²) < 4.78 is 19.5. The van der Waals surface area contributed by atoms with Crippen molar-refractivity contribution < 1.29 is 23.8 Å². The molecule has 2 N–H and O–H groups in total. The lowest BCUT2D eigenvalue weighted by Gasteiger charge is -2.26. The summed E-state index contributed by atoms with van der Waals surface area (Å²) in [4.78, 5) is 22.7. The van der Waals surface area contributed by atoms with Crippen LogP contribution in [-0.2, 0) is 9.53 Å². The maximum Gasteiger partial charge on any atom is 0.412 e. The monoisotopic (exact) mass is 337 g/mol. The number of ether oxygens (including phenoxy) is 1. The van der Waals surface area contributed by atoms with E-state index in [0.29, 0.717) is 36.9 Å². The quantitative estimate of drug-likeness (QED) is 0.849. The fraction of sp³-hybridized carbons (Fsp3) is 0.556. The zero-order valence-corrected chi connectivity index (χ0v) is 14.3. The molecule has 1 aliphatic carbocycles. The highest BCUT2D eigenvalue weighted by molar-refractivity contribution is 5.84. The van der Waals surface area contributed by atoms with Gasteiger partial charge in [-0.15, -0.1) is 0 Å². The largest absolute Gasteiger partial charge is 0.481 e. The van der Waals surface area contributed by atoms with Crippen LogP contribution >= 0.6 is 0 Å². The van der Waals surface area contributed by atoms with Crippen LogP contribution in [0.25, 0.3) is 0 Å². The van der Waals surface area contributed by atoms with E-state index in [1.165, 1.54) is 6.07 Å². The number of hydrogen-bond acceptors (Lipinski definition) is 3. The van der Waals surface area contributed by atoms with Crippen LogP contribution in [0.4, 0.5) is 14.9 Å². The van der Waals surface area contributed by atoms with E-state index in [0.717, 1.165) is 0 Å². The predicted molar refractivity (Wildman–Crippen MR) is 88.6 cm³/mol. The van der Waals surface area contributed by atoms with Gasteiger partial charge < -0.3 is 9.84 Å². The number of rotatable bonds is 3. The van der Waals surface area contributed by atoms with Crippen molar-refractivity contribution >= 4 is 17.7 Å². The molecule has 1 aliphatic rings. The Labute approximate surface area is 141 Å². The molecule has 0 aliphatic heterocycles. The maximum absolute atomic E-state index is 14.4. The molecule has 0 radical (unpaired) electrons. The summed E-state index contributed by atoms with van der Waals surface area (Å²) in [5.41, 5.74) is 0.295. The summed E-state index contributed by atoms with van der Waals surface area (Å²) in [5, 5.41) is 11.5. The summed E-state index contributed by atoms with van der Waals surface area (Å²) in [6.45, 7) is 5.26. The van der Waals surface area contributed by atoms with Crippen LogP contribution in [0.1, 0.15) is 57.9 Å². The van der Waals surface area contributed by atoms with Crippen LogP contribution in [0, 0.1) is 11.7 Å². The van der Waals surface area contributed by atoms with E-state index in [1.807, 2.05) is 0 Å². The second-order valence-corrected chi connectivity index (χ2v) is 7.25. The van der Waals surface area contributed by atoms with Crippen molar-refractivity contribution in [3.63, 3.8) is 0 Å². The first-order valence-electron chi connectivity index (χ1n) is 8.18. The van der Waals surface area contributed by atoms with E-state index in [2.05, 4.69) is 5.32 Å². The van der Waals surface area contributed by atoms with Gasteiger partial charge in [-0.1, -0.05) is 6.07 Å². The molecule has 0 heterocycles. The highest BCUT2D eigenvalue weighted by Crippen LogP contribution is 2.37. The van der Waals surface area contributed by atoms with Crippen molar-refractivity contribution in [3.05, 3.63) is 29.6 Å². The molecule has 2 rings (SSSR count). The molecule has 1 amide bonds. The molecule has 132 valence electrons. The lowest BCUT2D eigenvalue weighted by atomic mass is 9.78. The number of carbonyl (C=O) groups excluding carboxylic acids is 1. The second kappa shape index (κ2) is 7.20. The molecule has 0 aromatic heterocycles. The van der Waals surface area contributed by atoms with Gasteiger partial charge in [0.2, 0.25) is 0 Å². The topological polar surface area (TPSA) is 75.6 Å². The van der Waals surface area contributed by atoms with Crippen LogP contribution in [0.3, 0.4) is 0 Å². The fourth-order valence-corrected chi connectivity index (χ4v) is 3.01. The molecule has 6 heteroatoms. The Balaban J connectivity index is 2.00. The van der Waals surface area contributed by atoms with E-state index in [1.54, 1.807) is 32.9 Å². The number of carboxylic acids is 1. The molecule has 1 saturated carbocycles. The number of amides is 1. The van der Waals surface area contributed by atoms with Crippen molar-refractivity contribution in [1.29, 1.82) is 0 Å². The summed E-state index contributed by atoms with van der Waals surface area (Å²) in [7, 11) is 0. The third-order valence-corrected chi connectivity index (χ3v) is 4.16. The zero-order valence-electron chi connectivity index (χ0n) is 14.3. The minimum Gasteiger partial charge on any atom is -0.481 e. The van der Waals surface area contributed by atoms with Gasteiger partial charge in [0.1, 0.15) is 11.4 Å². The van der Waals surface area contributed by atoms with E-state index in [9.17, 15) is 14.0 Å². The van der Waals surface area contributed by atoms with Crippen molar-refractivity contribution in [1.82, 2.24) is 0 Å². The molecule has 1 aromatic rings. The maximum atomic E-state index is 14.4. The Morgan fingerprint density at radius 3 is 2.33 bits per heavy atom. The van der Waals surface area contributed by atoms with Crippen LogP contribution in [0.5, 0.6) is 0 Å². The van der Waals surface area contributed by atoms with Gasteiger partial charge in [0, 0.05) is 5.69 Å². The summed E-state index contributed by atoms with van der Waals surface area (Å²) in [6.07, 6.45) is 1.82. The fourth-order valence-electron chi connectivity index (χ4n) is 3.01. The van der Waals surface area contributed by atoms with Gasteiger partial charge in [0.05, 0.1) is 5.92 Å². The van der Waals surface area contributed by atoms with Crippen LogP contribution in [-0.4, -0.2) is 22.8 Å². The smallest absolute Gasteiger partial charge is 0.412 e. The Morgan fingerprint density at radius 1 is 1.21 bits per heavy atom. The molecule has 1 fully saturated rings. The van der Waals surface area contributed by atoms with Crippen molar-refractivity contribution in [3.8, 4) is 0 Å². The van der Waals surface area contributed by atoms with Crippen LogP contribution < -0.4 is 5.32 Å². The van der Waals surface area contributed by atoms with Crippen LogP contribution in [0.2, 0.25) is 0 Å². The highest BCUT2D eigenvalue weighted by atomic mass is 19.1. The van der Waals surface area contributed by atoms with Gasteiger partial charge >= 0.3 is 12.1 Å². The minimum absolute atomic E-state index is 0.0242. The first-order valence-corrected chi connectivity index (χ1v) is 8.18. The molecule has 0 spiro atoms. The molecule has 1 aromatic carbocycles. The summed E-state index contributed by atoms with van der Waals surface area (Å²) in [6, 6.07) is 4.59. The first-order chi connectivity index (χ1) is 11.2. The van der Waals surface area contributed by atoms with Gasteiger partial charge in [-0.25, -0.2) is 9.18 Å². The SMILES string of the molecule is CC(C)(C)OC(=O)Nc1ccc(C2CCC(C(=O)O)CC2)c(F)c1.